The van der Waals surface area contributed by atoms with E-state index in [0.29, 0.717) is 6.54 Å². The Bertz CT molecular complexity index is 641. The van der Waals surface area contributed by atoms with Gasteiger partial charge in [0.1, 0.15) is 5.75 Å². The zero-order chi connectivity index (χ0) is 18.6. The normalized spacial score (nSPS) is 19.2. The van der Waals surface area contributed by atoms with E-state index in [0.717, 1.165) is 35.4 Å². The lowest BCUT2D eigenvalue weighted by Gasteiger charge is -2.42. The smallest absolute Gasteiger partial charge is 0.319 e. The first-order chi connectivity index (χ1) is 11.8. The SMILES string of the molecule is CCN(CC(=O)O)C1CC(NC(=O)Nc2cc(C)c(OC)cc2C)C1. The van der Waals surface area contributed by atoms with Crippen molar-refractivity contribution >= 4 is 17.7 Å². The maximum atomic E-state index is 12.2. The second-order valence-electron chi connectivity index (χ2n) is 6.51. The summed E-state index contributed by atoms with van der Waals surface area (Å²) in [5.41, 5.74) is 2.65. The highest BCUT2D eigenvalue weighted by Crippen LogP contribution is 2.27. The van der Waals surface area contributed by atoms with Gasteiger partial charge in [-0.15, -0.1) is 0 Å². The number of carbonyl (C=O) groups excluding carboxylic acids is 1. The first-order valence-corrected chi connectivity index (χ1v) is 8.52. The number of carboxylic acid groups (broad SMARTS) is 1. The molecule has 2 rings (SSSR count). The van der Waals surface area contributed by atoms with Crippen LogP contribution < -0.4 is 15.4 Å². The molecular weight excluding hydrogens is 322 g/mol. The molecule has 0 bridgehead atoms. The number of aliphatic carboxylic acids is 1. The van der Waals surface area contributed by atoms with Crippen LogP contribution in [0.15, 0.2) is 12.1 Å². The van der Waals surface area contributed by atoms with Crippen molar-refractivity contribution in [3.63, 3.8) is 0 Å². The Morgan fingerprint density at radius 1 is 1.28 bits per heavy atom. The number of urea groups is 1. The Kier molecular flexibility index (Phi) is 6.25. The average molecular weight is 349 g/mol. The first-order valence-electron chi connectivity index (χ1n) is 8.52. The van der Waals surface area contributed by atoms with Crippen molar-refractivity contribution in [2.75, 3.05) is 25.5 Å². The molecule has 0 radical (unpaired) electrons. The molecule has 1 aliphatic carbocycles. The Hall–Kier alpha value is -2.28. The van der Waals surface area contributed by atoms with Gasteiger partial charge in [-0.05, 0) is 56.5 Å². The fourth-order valence-corrected chi connectivity index (χ4v) is 3.16. The van der Waals surface area contributed by atoms with E-state index in [-0.39, 0.29) is 24.7 Å². The van der Waals surface area contributed by atoms with Gasteiger partial charge in [0.15, 0.2) is 0 Å². The van der Waals surface area contributed by atoms with E-state index >= 15 is 0 Å². The number of amides is 2. The summed E-state index contributed by atoms with van der Waals surface area (Å²) in [6.45, 7) is 6.54. The Labute approximate surface area is 148 Å². The number of hydrogen-bond acceptors (Lipinski definition) is 4. The summed E-state index contributed by atoms with van der Waals surface area (Å²) >= 11 is 0. The molecule has 25 heavy (non-hydrogen) atoms. The molecule has 0 spiro atoms. The van der Waals surface area contributed by atoms with Crippen molar-refractivity contribution in [3.05, 3.63) is 23.3 Å². The lowest BCUT2D eigenvalue weighted by molar-refractivity contribution is -0.139. The molecule has 0 atom stereocenters. The van der Waals surface area contributed by atoms with Crippen molar-refractivity contribution in [1.29, 1.82) is 0 Å². The molecule has 1 aliphatic rings. The summed E-state index contributed by atoms with van der Waals surface area (Å²) < 4.78 is 5.27. The maximum absolute atomic E-state index is 12.2. The van der Waals surface area contributed by atoms with Gasteiger partial charge in [-0.3, -0.25) is 9.69 Å². The van der Waals surface area contributed by atoms with Gasteiger partial charge in [0, 0.05) is 17.8 Å². The van der Waals surface area contributed by atoms with E-state index in [4.69, 9.17) is 9.84 Å². The number of hydrogen-bond donors (Lipinski definition) is 3. The zero-order valence-corrected chi connectivity index (χ0v) is 15.3. The Morgan fingerprint density at radius 3 is 2.52 bits per heavy atom. The highest BCUT2D eigenvalue weighted by Gasteiger charge is 2.34. The zero-order valence-electron chi connectivity index (χ0n) is 15.3. The standard InChI is InChI=1S/C18H27N3O4/c1-5-21(10-17(22)23)14-8-13(9-14)19-18(24)20-15-6-12(3)16(25-4)7-11(15)2/h6-7,13-14H,5,8-10H2,1-4H3,(H,22,23)(H2,19,20,24). The summed E-state index contributed by atoms with van der Waals surface area (Å²) in [5.74, 6) is -0.0234. The molecule has 0 aliphatic heterocycles. The second-order valence-corrected chi connectivity index (χ2v) is 6.51. The van der Waals surface area contributed by atoms with E-state index in [1.54, 1.807) is 7.11 Å². The van der Waals surface area contributed by atoms with Gasteiger partial charge < -0.3 is 20.5 Å². The van der Waals surface area contributed by atoms with Crippen LogP contribution in [-0.4, -0.2) is 54.3 Å². The van der Waals surface area contributed by atoms with Gasteiger partial charge in [-0.1, -0.05) is 6.92 Å². The van der Waals surface area contributed by atoms with E-state index in [9.17, 15) is 9.59 Å². The Morgan fingerprint density at radius 2 is 1.96 bits per heavy atom. The molecule has 1 fully saturated rings. The number of methoxy groups -OCH3 is 1. The molecule has 138 valence electrons. The number of carbonyl (C=O) groups is 2. The van der Waals surface area contributed by atoms with Crippen LogP contribution in [0.5, 0.6) is 5.75 Å². The van der Waals surface area contributed by atoms with Gasteiger partial charge in [0.05, 0.1) is 13.7 Å². The highest BCUT2D eigenvalue weighted by molar-refractivity contribution is 5.90. The molecule has 0 unspecified atom stereocenters. The molecule has 1 saturated carbocycles. The monoisotopic (exact) mass is 349 g/mol. The number of carboxylic acids is 1. The number of likely N-dealkylation sites (N-methyl/N-ethyl adjacent to an activating group) is 1. The van der Waals surface area contributed by atoms with Crippen LogP contribution in [-0.2, 0) is 4.79 Å². The lowest BCUT2D eigenvalue weighted by Crippen LogP contribution is -2.55. The minimum atomic E-state index is -0.818. The summed E-state index contributed by atoms with van der Waals surface area (Å²) in [4.78, 5) is 25.0. The quantitative estimate of drug-likeness (QED) is 0.703. The first kappa shape index (κ1) is 19.1. The lowest BCUT2D eigenvalue weighted by atomic mass is 9.85. The van der Waals surface area contributed by atoms with Crippen molar-refractivity contribution in [3.8, 4) is 5.75 Å². The van der Waals surface area contributed by atoms with Gasteiger partial charge in [0.2, 0.25) is 0 Å². The van der Waals surface area contributed by atoms with Crippen LogP contribution in [0.4, 0.5) is 10.5 Å². The number of nitrogens with one attached hydrogen (secondary N) is 2. The molecule has 7 nitrogen and oxygen atoms in total. The molecule has 7 heteroatoms. The van der Waals surface area contributed by atoms with Crippen LogP contribution in [0, 0.1) is 13.8 Å². The fourth-order valence-electron chi connectivity index (χ4n) is 3.16. The summed E-state index contributed by atoms with van der Waals surface area (Å²) in [6, 6.07) is 3.85. The van der Waals surface area contributed by atoms with Crippen molar-refractivity contribution in [2.24, 2.45) is 0 Å². The van der Waals surface area contributed by atoms with Crippen LogP contribution in [0.2, 0.25) is 0 Å². The molecular formula is C18H27N3O4. The predicted molar refractivity (Wildman–Crippen MR) is 96.3 cm³/mol. The largest absolute Gasteiger partial charge is 0.496 e. The van der Waals surface area contributed by atoms with Crippen molar-refractivity contribution < 1.29 is 19.4 Å². The fraction of sp³-hybridized carbons (Fsp3) is 0.556. The number of benzene rings is 1. The van der Waals surface area contributed by atoms with E-state index < -0.39 is 5.97 Å². The minimum absolute atomic E-state index is 0.0460. The minimum Gasteiger partial charge on any atom is -0.496 e. The summed E-state index contributed by atoms with van der Waals surface area (Å²) in [6.07, 6.45) is 1.55. The Balaban J connectivity index is 1.84. The van der Waals surface area contributed by atoms with E-state index in [1.807, 2.05) is 37.8 Å². The van der Waals surface area contributed by atoms with Crippen LogP contribution >= 0.6 is 0 Å². The second kappa shape index (κ2) is 8.20. The topological polar surface area (TPSA) is 90.9 Å². The molecule has 0 saturated heterocycles. The van der Waals surface area contributed by atoms with Gasteiger partial charge in [-0.2, -0.15) is 0 Å². The van der Waals surface area contributed by atoms with Gasteiger partial charge in [-0.25, -0.2) is 4.79 Å². The van der Waals surface area contributed by atoms with Gasteiger partial charge >= 0.3 is 12.0 Å². The predicted octanol–water partition coefficient (Wildman–Crippen LogP) is 2.37. The number of aryl methyl sites for hydroxylation is 2. The average Bonchev–Trinajstić information content (AvgIpc) is 2.51. The molecule has 1 aromatic rings. The molecule has 3 N–H and O–H groups in total. The van der Waals surface area contributed by atoms with Crippen LogP contribution in [0.25, 0.3) is 0 Å². The number of ether oxygens (including phenoxy) is 1. The third-order valence-corrected chi connectivity index (χ3v) is 4.70. The summed E-state index contributed by atoms with van der Waals surface area (Å²) in [5, 5.41) is 14.7. The van der Waals surface area contributed by atoms with Crippen LogP contribution in [0.1, 0.15) is 30.9 Å². The van der Waals surface area contributed by atoms with E-state index in [2.05, 4.69) is 10.6 Å². The number of anilines is 1. The van der Waals surface area contributed by atoms with Crippen molar-refractivity contribution in [2.45, 2.75) is 45.7 Å². The van der Waals surface area contributed by atoms with E-state index in [1.165, 1.54) is 0 Å². The third kappa shape index (κ3) is 4.85. The molecule has 0 aromatic heterocycles. The molecule has 1 aromatic carbocycles. The number of nitrogens with zero attached hydrogens (tertiary/aromatic N) is 1. The number of rotatable bonds is 7. The van der Waals surface area contributed by atoms with Crippen molar-refractivity contribution in [1.82, 2.24) is 10.2 Å². The highest BCUT2D eigenvalue weighted by atomic mass is 16.5. The van der Waals surface area contributed by atoms with Crippen LogP contribution in [0.3, 0.4) is 0 Å². The van der Waals surface area contributed by atoms with Gasteiger partial charge in [0.25, 0.3) is 0 Å². The summed E-state index contributed by atoms with van der Waals surface area (Å²) in [7, 11) is 1.62. The maximum Gasteiger partial charge on any atom is 0.319 e. The molecule has 2 amide bonds. The molecule has 0 heterocycles. The third-order valence-electron chi connectivity index (χ3n) is 4.70.